The zero-order valence-electron chi connectivity index (χ0n) is 18.9. The number of nitro benzene ring substituents is 1. The third kappa shape index (κ3) is 4.34. The minimum atomic E-state index is -0.467. The number of nitrogens with zero attached hydrogens (tertiary/aromatic N) is 5. The molecule has 0 spiro atoms. The summed E-state index contributed by atoms with van der Waals surface area (Å²) in [6.07, 6.45) is 6.69. The van der Waals surface area contributed by atoms with Crippen molar-refractivity contribution in [3.63, 3.8) is 0 Å². The second-order valence-corrected chi connectivity index (χ2v) is 9.68. The van der Waals surface area contributed by atoms with Crippen LogP contribution in [0.25, 0.3) is 11.0 Å². The van der Waals surface area contributed by atoms with Gasteiger partial charge in [-0.05, 0) is 29.9 Å². The number of carbonyl (C=O) groups is 1. The zero-order valence-corrected chi connectivity index (χ0v) is 19.7. The summed E-state index contributed by atoms with van der Waals surface area (Å²) in [6.45, 7) is 0.924. The number of hydrogen-bond donors (Lipinski definition) is 1. The molecule has 1 aliphatic rings. The van der Waals surface area contributed by atoms with E-state index in [1.165, 1.54) is 29.2 Å². The van der Waals surface area contributed by atoms with Crippen LogP contribution >= 0.6 is 11.3 Å². The summed E-state index contributed by atoms with van der Waals surface area (Å²) in [6, 6.07) is 10.2. The largest absolute Gasteiger partial charge is 0.353 e. The molecule has 1 saturated carbocycles. The van der Waals surface area contributed by atoms with Gasteiger partial charge in [0.2, 0.25) is 5.91 Å². The van der Waals surface area contributed by atoms with E-state index >= 15 is 0 Å². The van der Waals surface area contributed by atoms with Gasteiger partial charge in [-0.15, -0.1) is 11.3 Å². The SMILES string of the molecule is O=C(NCCn1ncc2c(=O)n(Cc3cccc([N+](=O)[O-])c3)cnc21)C1(c2cccs2)CCCC1. The van der Waals surface area contributed by atoms with Gasteiger partial charge in [0.05, 0.1) is 29.6 Å². The maximum Gasteiger partial charge on any atom is 0.269 e. The van der Waals surface area contributed by atoms with Gasteiger partial charge >= 0.3 is 0 Å². The first-order valence-corrected chi connectivity index (χ1v) is 12.3. The molecule has 1 amide bonds. The average Bonchev–Trinajstić information content (AvgIpc) is 3.62. The lowest BCUT2D eigenvalue weighted by molar-refractivity contribution is -0.384. The Morgan fingerprint density at radius 2 is 2.06 bits per heavy atom. The Balaban J connectivity index is 1.28. The van der Waals surface area contributed by atoms with Crippen molar-refractivity contribution in [3.05, 3.63) is 85.2 Å². The lowest BCUT2D eigenvalue weighted by Crippen LogP contribution is -2.43. The molecule has 0 bridgehead atoms. The van der Waals surface area contributed by atoms with Crippen LogP contribution in [0.3, 0.4) is 0 Å². The average molecular weight is 493 g/mol. The molecule has 3 aromatic heterocycles. The number of rotatable bonds is 8. The number of fused-ring (bicyclic) bond motifs is 1. The quantitative estimate of drug-likeness (QED) is 0.297. The molecule has 4 aromatic rings. The van der Waals surface area contributed by atoms with E-state index in [2.05, 4.69) is 15.4 Å². The molecule has 3 heterocycles. The fraction of sp³-hybridized carbons (Fsp3) is 0.333. The van der Waals surface area contributed by atoms with Gasteiger partial charge in [-0.1, -0.05) is 31.0 Å². The van der Waals surface area contributed by atoms with Crippen LogP contribution in [-0.2, 0) is 23.3 Å². The molecular formula is C24H24N6O4S. The number of thiophene rings is 1. The van der Waals surface area contributed by atoms with Crippen LogP contribution < -0.4 is 10.9 Å². The van der Waals surface area contributed by atoms with Crippen molar-refractivity contribution in [2.75, 3.05) is 6.54 Å². The van der Waals surface area contributed by atoms with E-state index in [1.54, 1.807) is 28.2 Å². The highest BCUT2D eigenvalue weighted by molar-refractivity contribution is 7.10. The van der Waals surface area contributed by atoms with Gasteiger partial charge in [0.25, 0.3) is 11.2 Å². The van der Waals surface area contributed by atoms with E-state index in [1.807, 2.05) is 17.5 Å². The Morgan fingerprint density at radius 3 is 2.80 bits per heavy atom. The highest BCUT2D eigenvalue weighted by Gasteiger charge is 2.43. The Hall–Kier alpha value is -3.86. The summed E-state index contributed by atoms with van der Waals surface area (Å²) in [5.74, 6) is 0.0428. The topological polar surface area (TPSA) is 125 Å². The van der Waals surface area contributed by atoms with Gasteiger partial charge in [-0.2, -0.15) is 5.10 Å². The fourth-order valence-electron chi connectivity index (χ4n) is 4.80. The van der Waals surface area contributed by atoms with Crippen LogP contribution in [0.5, 0.6) is 0 Å². The van der Waals surface area contributed by atoms with Crippen LogP contribution in [0.15, 0.2) is 59.1 Å². The molecule has 1 fully saturated rings. The Bertz CT molecular complexity index is 1440. The maximum absolute atomic E-state index is 13.2. The van der Waals surface area contributed by atoms with Crippen molar-refractivity contribution in [1.82, 2.24) is 24.6 Å². The summed E-state index contributed by atoms with van der Waals surface area (Å²) < 4.78 is 3.02. The fourth-order valence-corrected chi connectivity index (χ4v) is 5.78. The van der Waals surface area contributed by atoms with Gasteiger partial charge in [-0.3, -0.25) is 24.3 Å². The van der Waals surface area contributed by atoms with Crippen LogP contribution in [0.4, 0.5) is 5.69 Å². The predicted octanol–water partition coefficient (Wildman–Crippen LogP) is 3.24. The molecule has 35 heavy (non-hydrogen) atoms. The zero-order chi connectivity index (χ0) is 24.4. The molecule has 0 aliphatic heterocycles. The number of non-ortho nitro benzene ring substituents is 1. The molecule has 180 valence electrons. The lowest BCUT2D eigenvalue weighted by atomic mass is 9.83. The lowest BCUT2D eigenvalue weighted by Gasteiger charge is -2.26. The highest BCUT2D eigenvalue weighted by Crippen LogP contribution is 2.43. The number of nitrogens with one attached hydrogen (secondary N) is 1. The third-order valence-electron chi connectivity index (χ3n) is 6.59. The first kappa shape index (κ1) is 22.9. The number of benzene rings is 1. The van der Waals surface area contributed by atoms with Gasteiger partial charge in [0.1, 0.15) is 11.7 Å². The number of amides is 1. The number of carbonyl (C=O) groups excluding carboxylic acids is 1. The Labute approximate surface area is 204 Å². The van der Waals surface area contributed by atoms with Crippen molar-refractivity contribution in [2.45, 2.75) is 44.2 Å². The second kappa shape index (κ2) is 9.41. The minimum absolute atomic E-state index is 0.0297. The van der Waals surface area contributed by atoms with Crippen molar-refractivity contribution in [2.24, 2.45) is 0 Å². The monoisotopic (exact) mass is 492 g/mol. The van der Waals surface area contributed by atoms with Crippen molar-refractivity contribution >= 4 is 34.0 Å². The molecule has 0 radical (unpaired) electrons. The molecular weight excluding hydrogens is 468 g/mol. The molecule has 0 saturated heterocycles. The van der Waals surface area contributed by atoms with E-state index in [4.69, 9.17) is 0 Å². The summed E-state index contributed by atoms with van der Waals surface area (Å²) in [5, 5.41) is 20.8. The minimum Gasteiger partial charge on any atom is -0.353 e. The van der Waals surface area contributed by atoms with Gasteiger partial charge in [0.15, 0.2) is 5.65 Å². The van der Waals surface area contributed by atoms with Crippen molar-refractivity contribution in [3.8, 4) is 0 Å². The van der Waals surface area contributed by atoms with E-state index < -0.39 is 10.3 Å². The molecule has 10 nitrogen and oxygen atoms in total. The van der Waals surface area contributed by atoms with Crippen LogP contribution in [0.1, 0.15) is 36.1 Å². The van der Waals surface area contributed by atoms with Gasteiger partial charge in [0, 0.05) is 23.6 Å². The first-order chi connectivity index (χ1) is 17.0. The summed E-state index contributed by atoms with van der Waals surface area (Å²) in [4.78, 5) is 42.2. The van der Waals surface area contributed by atoms with Crippen LogP contribution in [0.2, 0.25) is 0 Å². The predicted molar refractivity (Wildman–Crippen MR) is 131 cm³/mol. The normalized spacial score (nSPS) is 14.9. The molecule has 11 heteroatoms. The second-order valence-electron chi connectivity index (χ2n) is 8.73. The summed E-state index contributed by atoms with van der Waals surface area (Å²) in [5.41, 5.74) is 0.314. The van der Waals surface area contributed by atoms with E-state index in [0.29, 0.717) is 29.7 Å². The number of aromatic nitrogens is 4. The van der Waals surface area contributed by atoms with Crippen molar-refractivity contribution < 1.29 is 9.72 Å². The van der Waals surface area contributed by atoms with Crippen LogP contribution in [0, 0.1) is 10.1 Å². The summed E-state index contributed by atoms with van der Waals surface area (Å²) >= 11 is 1.63. The van der Waals surface area contributed by atoms with Gasteiger partial charge < -0.3 is 5.32 Å². The van der Waals surface area contributed by atoms with Gasteiger partial charge in [-0.25, -0.2) is 9.67 Å². The standard InChI is InChI=1S/C24H24N6O4S/c31-22-19-14-27-29(11-10-25-23(32)24(8-1-2-9-24)20-7-4-12-35-20)21(19)26-16-28(22)15-17-5-3-6-18(13-17)30(33)34/h3-7,12-14,16H,1-2,8-11,15H2,(H,25,32). The highest BCUT2D eigenvalue weighted by atomic mass is 32.1. The number of hydrogen-bond acceptors (Lipinski definition) is 7. The van der Waals surface area contributed by atoms with Crippen molar-refractivity contribution in [1.29, 1.82) is 0 Å². The smallest absolute Gasteiger partial charge is 0.269 e. The third-order valence-corrected chi connectivity index (χ3v) is 7.66. The summed E-state index contributed by atoms with van der Waals surface area (Å²) in [7, 11) is 0. The molecule has 0 atom stereocenters. The molecule has 1 aromatic carbocycles. The first-order valence-electron chi connectivity index (χ1n) is 11.4. The molecule has 1 aliphatic carbocycles. The van der Waals surface area contributed by atoms with Crippen LogP contribution in [-0.4, -0.2) is 36.7 Å². The molecule has 5 rings (SSSR count). The van der Waals surface area contributed by atoms with E-state index in [0.717, 1.165) is 30.6 Å². The Morgan fingerprint density at radius 1 is 1.23 bits per heavy atom. The molecule has 0 unspecified atom stereocenters. The molecule has 1 N–H and O–H groups in total. The van der Waals surface area contributed by atoms with E-state index in [9.17, 15) is 19.7 Å². The Kier molecular flexibility index (Phi) is 6.16. The number of nitro groups is 1. The van der Waals surface area contributed by atoms with E-state index in [-0.39, 0.29) is 23.7 Å². The maximum atomic E-state index is 13.2.